The number of aliphatic hydroxyl groups is 2. The molecule has 0 bridgehead atoms. The zero-order chi connectivity index (χ0) is 11.3. The summed E-state index contributed by atoms with van der Waals surface area (Å²) in [7, 11) is 0. The minimum absolute atomic E-state index is 0.159. The Morgan fingerprint density at radius 3 is 2.47 bits per heavy atom. The lowest BCUT2D eigenvalue weighted by atomic mass is 10.1. The van der Waals surface area contributed by atoms with E-state index in [-0.39, 0.29) is 13.2 Å². The molecule has 0 saturated carbocycles. The van der Waals surface area contributed by atoms with E-state index in [4.69, 9.17) is 19.9 Å². The Hall–Kier alpha value is -0.240. The quantitative estimate of drug-likeness (QED) is 0.526. The maximum atomic E-state index is 9.87. The van der Waals surface area contributed by atoms with Crippen molar-refractivity contribution in [1.82, 2.24) is 0 Å². The van der Waals surface area contributed by atoms with Crippen molar-refractivity contribution in [3.8, 4) is 0 Å². The molecule has 2 heterocycles. The van der Waals surface area contributed by atoms with Crippen LogP contribution in [-0.2, 0) is 14.2 Å². The molecule has 0 aliphatic carbocycles. The molecule has 0 aromatic rings. The van der Waals surface area contributed by atoms with E-state index in [1.54, 1.807) is 13.8 Å². The molecule has 0 amide bonds. The highest BCUT2D eigenvalue weighted by Gasteiger charge is 2.64. The van der Waals surface area contributed by atoms with Gasteiger partial charge in [0.25, 0.3) is 0 Å². The summed E-state index contributed by atoms with van der Waals surface area (Å²) in [6, 6.07) is 0. The second-order valence-electron chi connectivity index (χ2n) is 4.39. The van der Waals surface area contributed by atoms with Crippen molar-refractivity contribution in [3.05, 3.63) is 0 Å². The van der Waals surface area contributed by atoms with Crippen LogP contribution in [-0.4, -0.2) is 53.3 Å². The Kier molecular flexibility index (Phi) is 2.53. The Balaban J connectivity index is 2.24. The molecule has 0 aromatic heterocycles. The van der Waals surface area contributed by atoms with E-state index >= 15 is 0 Å². The van der Waals surface area contributed by atoms with E-state index in [9.17, 15) is 10.2 Å². The summed E-state index contributed by atoms with van der Waals surface area (Å²) in [5.74, 6) is -2.14. The lowest BCUT2D eigenvalue weighted by Gasteiger charge is -2.26. The first-order chi connectivity index (χ1) is 6.94. The fourth-order valence-electron chi connectivity index (χ4n) is 2.18. The molecule has 15 heavy (non-hydrogen) atoms. The molecule has 6 heteroatoms. The van der Waals surface area contributed by atoms with Crippen LogP contribution in [0.5, 0.6) is 0 Å². The fourth-order valence-corrected chi connectivity index (χ4v) is 2.18. The molecule has 6 nitrogen and oxygen atoms in total. The first kappa shape index (κ1) is 11.3. The van der Waals surface area contributed by atoms with Gasteiger partial charge in [-0.3, -0.25) is 0 Å². The third-order valence-corrected chi connectivity index (χ3v) is 2.76. The van der Waals surface area contributed by atoms with Gasteiger partial charge < -0.3 is 30.2 Å². The summed E-state index contributed by atoms with van der Waals surface area (Å²) < 4.78 is 16.4. The van der Waals surface area contributed by atoms with Crippen molar-refractivity contribution in [2.75, 3.05) is 13.2 Å². The third kappa shape index (κ3) is 1.57. The number of rotatable bonds is 2. The molecule has 2 fully saturated rings. The normalized spacial score (nSPS) is 48.2. The fraction of sp³-hybridized carbons (Fsp3) is 1.00. The molecular weight excluding hydrogens is 202 g/mol. The number of fused-ring (bicyclic) bond motifs is 1. The van der Waals surface area contributed by atoms with Crippen molar-refractivity contribution in [2.45, 2.75) is 43.7 Å². The van der Waals surface area contributed by atoms with E-state index in [0.29, 0.717) is 0 Å². The molecule has 2 aliphatic rings. The second-order valence-corrected chi connectivity index (χ2v) is 4.39. The minimum Gasteiger partial charge on any atom is -0.391 e. The summed E-state index contributed by atoms with van der Waals surface area (Å²) >= 11 is 0. The Labute approximate surface area is 87.9 Å². The molecule has 2 saturated heterocycles. The monoisotopic (exact) mass is 219 g/mol. The van der Waals surface area contributed by atoms with Gasteiger partial charge in [0.05, 0.1) is 0 Å². The van der Waals surface area contributed by atoms with Gasteiger partial charge >= 0.3 is 0 Å². The van der Waals surface area contributed by atoms with Gasteiger partial charge in [-0.15, -0.1) is 0 Å². The van der Waals surface area contributed by atoms with E-state index in [1.165, 1.54) is 0 Å². The number of hydrogen-bond acceptors (Lipinski definition) is 6. The molecular formula is C9H17NO5. The van der Waals surface area contributed by atoms with Crippen LogP contribution in [0.1, 0.15) is 13.8 Å². The molecule has 2 aliphatic heterocycles. The summed E-state index contributed by atoms with van der Waals surface area (Å²) in [4.78, 5) is 0. The summed E-state index contributed by atoms with van der Waals surface area (Å²) in [5, 5.41) is 19.2. The van der Waals surface area contributed by atoms with Crippen LogP contribution in [0.3, 0.4) is 0 Å². The SMILES string of the molecule is CC1(C)O[C@H]2[C@H](O)[C@H](CN)O[C@@]2(CO)O1. The van der Waals surface area contributed by atoms with Crippen LogP contribution in [0.4, 0.5) is 0 Å². The van der Waals surface area contributed by atoms with E-state index < -0.39 is 29.9 Å². The van der Waals surface area contributed by atoms with Gasteiger partial charge in [0.15, 0.2) is 5.79 Å². The summed E-state index contributed by atoms with van der Waals surface area (Å²) in [6.07, 6.45) is -2.12. The number of nitrogens with two attached hydrogens (primary N) is 1. The maximum absolute atomic E-state index is 9.87. The van der Waals surface area contributed by atoms with Crippen LogP contribution >= 0.6 is 0 Å². The van der Waals surface area contributed by atoms with Gasteiger partial charge in [-0.05, 0) is 13.8 Å². The number of aliphatic hydroxyl groups excluding tert-OH is 2. The first-order valence-corrected chi connectivity index (χ1v) is 4.99. The van der Waals surface area contributed by atoms with Crippen LogP contribution < -0.4 is 5.73 Å². The van der Waals surface area contributed by atoms with Crippen molar-refractivity contribution in [2.24, 2.45) is 5.73 Å². The highest BCUT2D eigenvalue weighted by molar-refractivity contribution is 5.02. The summed E-state index contributed by atoms with van der Waals surface area (Å²) in [6.45, 7) is 3.20. The van der Waals surface area contributed by atoms with Gasteiger partial charge in [0.2, 0.25) is 5.79 Å². The van der Waals surface area contributed by atoms with Crippen molar-refractivity contribution < 1.29 is 24.4 Å². The van der Waals surface area contributed by atoms with E-state index in [1.807, 2.05) is 0 Å². The topological polar surface area (TPSA) is 94.2 Å². The number of ether oxygens (including phenoxy) is 3. The first-order valence-electron chi connectivity index (χ1n) is 4.99. The number of hydrogen-bond donors (Lipinski definition) is 3. The Bertz CT molecular complexity index is 259. The highest BCUT2D eigenvalue weighted by atomic mass is 16.9. The molecule has 88 valence electrons. The standard InChI is InChI=1S/C9H17NO5/c1-8(2)14-7-6(12)5(3-10)13-9(7,4-11)15-8/h5-7,11-12H,3-4,10H2,1-2H3/t5-,6+,7-,9-/m0/s1. The molecule has 4 atom stereocenters. The maximum Gasteiger partial charge on any atom is 0.224 e. The Morgan fingerprint density at radius 2 is 2.00 bits per heavy atom. The van der Waals surface area contributed by atoms with Crippen molar-refractivity contribution in [1.29, 1.82) is 0 Å². The second kappa shape index (κ2) is 3.38. The van der Waals surface area contributed by atoms with Crippen molar-refractivity contribution >= 4 is 0 Å². The van der Waals surface area contributed by atoms with Gasteiger partial charge in [-0.2, -0.15) is 0 Å². The largest absolute Gasteiger partial charge is 0.391 e. The van der Waals surface area contributed by atoms with Crippen molar-refractivity contribution in [3.63, 3.8) is 0 Å². The van der Waals surface area contributed by atoms with Gasteiger partial charge in [0.1, 0.15) is 24.9 Å². The molecule has 0 aromatic carbocycles. The molecule has 0 radical (unpaired) electrons. The zero-order valence-electron chi connectivity index (χ0n) is 8.84. The van der Waals surface area contributed by atoms with E-state index in [0.717, 1.165) is 0 Å². The average molecular weight is 219 g/mol. The van der Waals surface area contributed by atoms with Gasteiger partial charge in [-0.1, -0.05) is 0 Å². The van der Waals surface area contributed by atoms with Crippen LogP contribution in [0.15, 0.2) is 0 Å². The smallest absolute Gasteiger partial charge is 0.224 e. The molecule has 0 unspecified atom stereocenters. The minimum atomic E-state index is -1.27. The molecule has 2 rings (SSSR count). The zero-order valence-corrected chi connectivity index (χ0v) is 8.84. The predicted molar refractivity (Wildman–Crippen MR) is 49.8 cm³/mol. The van der Waals surface area contributed by atoms with Crippen LogP contribution in [0, 0.1) is 0 Å². The van der Waals surface area contributed by atoms with Crippen LogP contribution in [0.2, 0.25) is 0 Å². The molecule has 4 N–H and O–H groups in total. The van der Waals surface area contributed by atoms with E-state index in [2.05, 4.69) is 0 Å². The van der Waals surface area contributed by atoms with Gasteiger partial charge in [-0.25, -0.2) is 0 Å². The summed E-state index contributed by atoms with van der Waals surface area (Å²) in [5.41, 5.74) is 5.43. The average Bonchev–Trinajstić information content (AvgIpc) is 2.58. The lowest BCUT2D eigenvalue weighted by molar-refractivity contribution is -0.272. The van der Waals surface area contributed by atoms with Gasteiger partial charge in [0, 0.05) is 6.54 Å². The third-order valence-electron chi connectivity index (χ3n) is 2.76. The predicted octanol–water partition coefficient (Wildman–Crippen LogP) is -1.46. The Morgan fingerprint density at radius 1 is 1.33 bits per heavy atom. The van der Waals surface area contributed by atoms with Crippen LogP contribution in [0.25, 0.3) is 0 Å². The lowest BCUT2D eigenvalue weighted by Crippen LogP contribution is -2.43. The highest BCUT2D eigenvalue weighted by Crippen LogP contribution is 2.44. The molecule has 0 spiro atoms.